The van der Waals surface area contributed by atoms with Crippen molar-refractivity contribution in [1.29, 1.82) is 0 Å². The summed E-state index contributed by atoms with van der Waals surface area (Å²) in [4.78, 5) is 15.1. The van der Waals surface area contributed by atoms with Crippen LogP contribution in [0.15, 0.2) is 42.5 Å². The van der Waals surface area contributed by atoms with Crippen LogP contribution >= 0.6 is 11.6 Å². The molecule has 2 aromatic rings. The molecule has 1 N–H and O–H groups in total. The van der Waals surface area contributed by atoms with Crippen LogP contribution in [-0.2, 0) is 0 Å². The minimum absolute atomic E-state index is 0.113. The number of halogens is 2. The molecule has 0 unspecified atom stereocenters. The van der Waals surface area contributed by atoms with E-state index in [0.717, 1.165) is 6.07 Å². The predicted octanol–water partition coefficient (Wildman–Crippen LogP) is 3.49. The molecule has 92 valence electrons. The number of carbonyl (C=O) groups excluding carboxylic acids is 1. The number of nitrogens with one attached hydrogen (secondary N) is 1. The van der Waals surface area contributed by atoms with Gasteiger partial charge in [-0.3, -0.25) is 5.32 Å². The molecule has 6 heteroatoms. The number of para-hydroxylation sites is 1. The zero-order valence-corrected chi connectivity index (χ0v) is 9.82. The van der Waals surface area contributed by atoms with Gasteiger partial charge in [-0.1, -0.05) is 29.8 Å². The van der Waals surface area contributed by atoms with Crippen molar-refractivity contribution < 1.29 is 13.9 Å². The molecule has 0 atom stereocenters. The summed E-state index contributed by atoms with van der Waals surface area (Å²) in [6, 6.07) is 10.9. The van der Waals surface area contributed by atoms with Crippen molar-refractivity contribution in [2.75, 3.05) is 5.32 Å². The number of hydrogen-bond donors (Lipinski definition) is 1. The normalized spacial score (nSPS) is 9.89. The van der Waals surface area contributed by atoms with Gasteiger partial charge in [0.15, 0.2) is 11.0 Å². The number of aromatic nitrogens is 1. The van der Waals surface area contributed by atoms with E-state index < -0.39 is 11.9 Å². The maximum absolute atomic E-state index is 12.8. The van der Waals surface area contributed by atoms with E-state index in [9.17, 15) is 9.18 Å². The Balaban J connectivity index is 2.01. The minimum Gasteiger partial charge on any atom is -0.410 e. The van der Waals surface area contributed by atoms with Gasteiger partial charge in [0.1, 0.15) is 11.6 Å². The lowest BCUT2D eigenvalue weighted by Gasteiger charge is -2.06. The SMILES string of the molecule is O=C(Nc1ccc(F)c(Cl)n1)Oc1ccccc1. The minimum atomic E-state index is -0.726. The Morgan fingerprint density at radius 1 is 1.22 bits per heavy atom. The van der Waals surface area contributed by atoms with E-state index in [0.29, 0.717) is 5.75 Å². The molecule has 18 heavy (non-hydrogen) atoms. The number of carbonyl (C=O) groups is 1. The maximum Gasteiger partial charge on any atom is 0.418 e. The molecular formula is C12H8ClFN2O2. The second-order valence-corrected chi connectivity index (χ2v) is 3.65. The second kappa shape index (κ2) is 5.46. The van der Waals surface area contributed by atoms with Crippen LogP contribution in [-0.4, -0.2) is 11.1 Å². The molecule has 0 radical (unpaired) electrons. The van der Waals surface area contributed by atoms with Gasteiger partial charge >= 0.3 is 6.09 Å². The van der Waals surface area contributed by atoms with E-state index >= 15 is 0 Å². The van der Waals surface area contributed by atoms with Crippen LogP contribution in [0.3, 0.4) is 0 Å². The fraction of sp³-hybridized carbons (Fsp3) is 0. The van der Waals surface area contributed by atoms with Crippen molar-refractivity contribution in [3.8, 4) is 5.75 Å². The summed E-state index contributed by atoms with van der Waals surface area (Å²) in [5.41, 5.74) is 0. The molecule has 0 spiro atoms. The lowest BCUT2D eigenvalue weighted by atomic mass is 10.3. The average molecular weight is 267 g/mol. The highest BCUT2D eigenvalue weighted by Gasteiger charge is 2.08. The van der Waals surface area contributed by atoms with E-state index in [4.69, 9.17) is 16.3 Å². The number of pyridine rings is 1. The predicted molar refractivity (Wildman–Crippen MR) is 65.3 cm³/mol. The van der Waals surface area contributed by atoms with Gasteiger partial charge in [0.25, 0.3) is 0 Å². The van der Waals surface area contributed by atoms with Crippen molar-refractivity contribution in [2.45, 2.75) is 0 Å². The zero-order valence-electron chi connectivity index (χ0n) is 9.06. The van der Waals surface area contributed by atoms with Crippen molar-refractivity contribution in [1.82, 2.24) is 4.98 Å². The number of benzene rings is 1. The molecule has 0 fully saturated rings. The molecule has 0 aliphatic carbocycles. The Kier molecular flexibility index (Phi) is 3.74. The van der Waals surface area contributed by atoms with Gasteiger partial charge in [-0.2, -0.15) is 0 Å². The first-order valence-corrected chi connectivity index (χ1v) is 5.39. The standard InChI is InChI=1S/C12H8ClFN2O2/c13-11-9(14)6-7-10(15-11)16-12(17)18-8-4-2-1-3-5-8/h1-7H,(H,15,16,17). The topological polar surface area (TPSA) is 51.2 Å². The maximum atomic E-state index is 12.8. The second-order valence-electron chi connectivity index (χ2n) is 3.30. The largest absolute Gasteiger partial charge is 0.418 e. The van der Waals surface area contributed by atoms with Crippen LogP contribution in [0.5, 0.6) is 5.75 Å². The van der Waals surface area contributed by atoms with E-state index in [1.54, 1.807) is 30.3 Å². The number of rotatable bonds is 2. The van der Waals surface area contributed by atoms with Gasteiger partial charge < -0.3 is 4.74 Å². The quantitative estimate of drug-likeness (QED) is 0.847. The Labute approximate surface area is 107 Å². The fourth-order valence-electron chi connectivity index (χ4n) is 1.21. The van der Waals surface area contributed by atoms with Gasteiger partial charge in [-0.05, 0) is 24.3 Å². The van der Waals surface area contributed by atoms with Gasteiger partial charge in [0, 0.05) is 0 Å². The van der Waals surface area contributed by atoms with Crippen LogP contribution in [0, 0.1) is 5.82 Å². The van der Waals surface area contributed by atoms with Crippen molar-refractivity contribution in [3.63, 3.8) is 0 Å². The van der Waals surface area contributed by atoms with E-state index in [-0.39, 0.29) is 11.0 Å². The van der Waals surface area contributed by atoms with Crippen molar-refractivity contribution >= 4 is 23.5 Å². The van der Waals surface area contributed by atoms with E-state index in [1.165, 1.54) is 6.07 Å². The summed E-state index contributed by atoms with van der Waals surface area (Å²) >= 11 is 5.48. The van der Waals surface area contributed by atoms with Crippen LogP contribution < -0.4 is 10.1 Å². The number of ether oxygens (including phenoxy) is 1. The number of nitrogens with zero attached hydrogens (tertiary/aromatic N) is 1. The summed E-state index contributed by atoms with van der Waals surface area (Å²) in [7, 11) is 0. The van der Waals surface area contributed by atoms with Gasteiger partial charge in [-0.15, -0.1) is 0 Å². The zero-order chi connectivity index (χ0) is 13.0. The van der Waals surface area contributed by atoms with Gasteiger partial charge in [-0.25, -0.2) is 14.2 Å². The fourth-order valence-corrected chi connectivity index (χ4v) is 1.37. The van der Waals surface area contributed by atoms with E-state index in [1.807, 2.05) is 0 Å². The summed E-state index contributed by atoms with van der Waals surface area (Å²) in [5.74, 6) is -0.149. The Bertz CT molecular complexity index is 563. The molecule has 1 amide bonds. The van der Waals surface area contributed by atoms with Crippen molar-refractivity contribution in [2.24, 2.45) is 0 Å². The van der Waals surface area contributed by atoms with Gasteiger partial charge in [0.05, 0.1) is 0 Å². The number of amides is 1. The monoisotopic (exact) mass is 266 g/mol. The molecule has 2 rings (SSSR count). The van der Waals surface area contributed by atoms with Crippen LogP contribution in [0.2, 0.25) is 5.15 Å². The molecule has 0 saturated heterocycles. The first-order chi connectivity index (χ1) is 8.65. The number of anilines is 1. The molecular weight excluding hydrogens is 259 g/mol. The van der Waals surface area contributed by atoms with Crippen LogP contribution in [0.1, 0.15) is 0 Å². The highest BCUT2D eigenvalue weighted by Crippen LogP contribution is 2.15. The third-order valence-corrected chi connectivity index (χ3v) is 2.25. The van der Waals surface area contributed by atoms with Gasteiger partial charge in [0.2, 0.25) is 0 Å². The lowest BCUT2D eigenvalue weighted by molar-refractivity contribution is 0.215. The summed E-state index contributed by atoms with van der Waals surface area (Å²) in [5, 5.41) is 2.02. The summed E-state index contributed by atoms with van der Waals surface area (Å²) in [6.07, 6.45) is -0.726. The van der Waals surface area contributed by atoms with Crippen molar-refractivity contribution in [3.05, 3.63) is 53.4 Å². The smallest absolute Gasteiger partial charge is 0.410 e. The third kappa shape index (κ3) is 3.18. The highest BCUT2D eigenvalue weighted by atomic mass is 35.5. The molecule has 1 aromatic heterocycles. The van der Waals surface area contributed by atoms with E-state index in [2.05, 4.69) is 10.3 Å². The Morgan fingerprint density at radius 2 is 1.94 bits per heavy atom. The average Bonchev–Trinajstić information content (AvgIpc) is 2.35. The van der Waals surface area contributed by atoms with Crippen LogP contribution in [0.25, 0.3) is 0 Å². The summed E-state index contributed by atoms with van der Waals surface area (Å²) in [6.45, 7) is 0. The Morgan fingerprint density at radius 3 is 2.61 bits per heavy atom. The first-order valence-electron chi connectivity index (χ1n) is 5.01. The lowest BCUT2D eigenvalue weighted by Crippen LogP contribution is -2.17. The number of hydrogen-bond acceptors (Lipinski definition) is 3. The molecule has 1 heterocycles. The first kappa shape index (κ1) is 12.3. The molecule has 4 nitrogen and oxygen atoms in total. The highest BCUT2D eigenvalue weighted by molar-refractivity contribution is 6.29. The molecule has 0 aliphatic heterocycles. The third-order valence-electron chi connectivity index (χ3n) is 1.99. The molecule has 0 saturated carbocycles. The Hall–Kier alpha value is -2.14. The summed E-state index contributed by atoms with van der Waals surface area (Å²) < 4.78 is 17.8. The molecule has 1 aromatic carbocycles. The van der Waals surface area contributed by atoms with Crippen LogP contribution in [0.4, 0.5) is 15.0 Å². The molecule has 0 aliphatic rings. The molecule has 0 bridgehead atoms.